The van der Waals surface area contributed by atoms with Crippen molar-refractivity contribution in [2.24, 2.45) is 5.41 Å². The van der Waals surface area contributed by atoms with Crippen LogP contribution in [0.2, 0.25) is 0 Å². The van der Waals surface area contributed by atoms with Gasteiger partial charge in [-0.15, -0.1) is 0 Å². The molecular weight excluding hydrogens is 234 g/mol. The standard InChI is InChI=1S/C12H19N3O3/c1-12(2,6-3-7-16)9-14-11-5-4-10(8-13-11)15(17)18/h4-5,8,16H,3,6-7,9H2,1-2H3,(H,13,14). The molecule has 0 spiro atoms. The van der Waals surface area contributed by atoms with Gasteiger partial charge in [0, 0.05) is 19.2 Å². The van der Waals surface area contributed by atoms with Crippen LogP contribution in [-0.2, 0) is 0 Å². The third kappa shape index (κ3) is 4.67. The molecule has 0 fully saturated rings. The molecule has 0 atom stereocenters. The van der Waals surface area contributed by atoms with Crippen molar-refractivity contribution in [2.45, 2.75) is 26.7 Å². The van der Waals surface area contributed by atoms with Crippen LogP contribution in [-0.4, -0.2) is 28.2 Å². The van der Waals surface area contributed by atoms with Crippen LogP contribution in [0.15, 0.2) is 18.3 Å². The molecule has 0 aliphatic heterocycles. The number of nitrogens with one attached hydrogen (secondary N) is 1. The largest absolute Gasteiger partial charge is 0.396 e. The van der Waals surface area contributed by atoms with Crippen molar-refractivity contribution in [3.05, 3.63) is 28.4 Å². The van der Waals surface area contributed by atoms with Gasteiger partial charge < -0.3 is 10.4 Å². The first-order valence-electron chi connectivity index (χ1n) is 5.90. The van der Waals surface area contributed by atoms with Crippen LogP contribution in [0, 0.1) is 15.5 Å². The highest BCUT2D eigenvalue weighted by Gasteiger charge is 2.17. The first-order chi connectivity index (χ1) is 8.44. The van der Waals surface area contributed by atoms with E-state index in [1.165, 1.54) is 12.3 Å². The Morgan fingerprint density at radius 3 is 2.72 bits per heavy atom. The molecule has 6 nitrogen and oxygen atoms in total. The van der Waals surface area contributed by atoms with E-state index in [1.807, 2.05) is 0 Å². The molecule has 0 bridgehead atoms. The van der Waals surface area contributed by atoms with Gasteiger partial charge in [0.1, 0.15) is 12.0 Å². The molecular formula is C12H19N3O3. The number of nitrogens with zero attached hydrogens (tertiary/aromatic N) is 2. The smallest absolute Gasteiger partial charge is 0.287 e. The fourth-order valence-electron chi connectivity index (χ4n) is 1.57. The molecule has 2 N–H and O–H groups in total. The van der Waals surface area contributed by atoms with Crippen molar-refractivity contribution in [1.29, 1.82) is 0 Å². The van der Waals surface area contributed by atoms with Gasteiger partial charge >= 0.3 is 0 Å². The Morgan fingerprint density at radius 1 is 1.50 bits per heavy atom. The van der Waals surface area contributed by atoms with Crippen molar-refractivity contribution in [2.75, 3.05) is 18.5 Å². The second-order valence-corrected chi connectivity index (χ2v) is 5.00. The molecule has 6 heteroatoms. The summed E-state index contributed by atoms with van der Waals surface area (Å²) in [5, 5.41) is 22.4. The van der Waals surface area contributed by atoms with Gasteiger partial charge in [-0.3, -0.25) is 10.1 Å². The van der Waals surface area contributed by atoms with Crippen LogP contribution in [0.1, 0.15) is 26.7 Å². The maximum atomic E-state index is 10.5. The van der Waals surface area contributed by atoms with Crippen molar-refractivity contribution in [3.8, 4) is 0 Å². The highest BCUT2D eigenvalue weighted by atomic mass is 16.6. The van der Waals surface area contributed by atoms with Crippen molar-refractivity contribution >= 4 is 11.5 Å². The Bertz CT molecular complexity index is 390. The molecule has 1 aromatic rings. The minimum atomic E-state index is -0.470. The summed E-state index contributed by atoms with van der Waals surface area (Å²) in [5.41, 5.74) is 0.0340. The molecule has 1 rings (SSSR count). The first kappa shape index (κ1) is 14.4. The molecule has 0 amide bonds. The van der Waals surface area contributed by atoms with E-state index >= 15 is 0 Å². The van der Waals surface area contributed by atoms with E-state index in [1.54, 1.807) is 6.07 Å². The minimum Gasteiger partial charge on any atom is -0.396 e. The normalized spacial score (nSPS) is 11.3. The van der Waals surface area contributed by atoms with E-state index in [2.05, 4.69) is 24.1 Å². The predicted molar refractivity (Wildman–Crippen MR) is 69.5 cm³/mol. The average Bonchev–Trinajstić information content (AvgIpc) is 2.35. The van der Waals surface area contributed by atoms with Crippen LogP contribution in [0.25, 0.3) is 0 Å². The molecule has 0 saturated heterocycles. The van der Waals surface area contributed by atoms with Crippen molar-refractivity contribution < 1.29 is 10.0 Å². The van der Waals surface area contributed by atoms with E-state index in [9.17, 15) is 10.1 Å². The highest BCUT2D eigenvalue weighted by molar-refractivity contribution is 5.40. The predicted octanol–water partition coefficient (Wildman–Crippen LogP) is 2.20. The van der Waals surface area contributed by atoms with E-state index < -0.39 is 4.92 Å². The molecule has 0 saturated carbocycles. The van der Waals surface area contributed by atoms with E-state index in [0.717, 1.165) is 12.8 Å². The summed E-state index contributed by atoms with van der Waals surface area (Å²) in [4.78, 5) is 14.0. The fourth-order valence-corrected chi connectivity index (χ4v) is 1.57. The topological polar surface area (TPSA) is 88.3 Å². The van der Waals surface area contributed by atoms with Crippen LogP contribution in [0.5, 0.6) is 0 Å². The summed E-state index contributed by atoms with van der Waals surface area (Å²) in [6.07, 6.45) is 2.91. The molecule has 1 aromatic heterocycles. The third-order valence-electron chi connectivity index (χ3n) is 2.72. The van der Waals surface area contributed by atoms with Gasteiger partial charge in [-0.05, 0) is 24.3 Å². The van der Waals surface area contributed by atoms with Gasteiger partial charge in [0.15, 0.2) is 0 Å². The monoisotopic (exact) mass is 253 g/mol. The number of hydrogen-bond donors (Lipinski definition) is 2. The molecule has 0 aliphatic rings. The lowest BCUT2D eigenvalue weighted by atomic mass is 9.88. The lowest BCUT2D eigenvalue weighted by molar-refractivity contribution is -0.385. The number of hydrogen-bond acceptors (Lipinski definition) is 5. The zero-order valence-electron chi connectivity index (χ0n) is 10.7. The van der Waals surface area contributed by atoms with E-state index in [0.29, 0.717) is 12.4 Å². The first-order valence-corrected chi connectivity index (χ1v) is 5.90. The summed E-state index contributed by atoms with van der Waals surface area (Å²) in [6, 6.07) is 3.02. The lowest BCUT2D eigenvalue weighted by Gasteiger charge is -2.24. The number of aliphatic hydroxyl groups is 1. The number of nitro groups is 1. The number of rotatable bonds is 7. The molecule has 0 radical (unpaired) electrons. The van der Waals surface area contributed by atoms with Gasteiger partial charge in [0.05, 0.1) is 4.92 Å². The fraction of sp³-hybridized carbons (Fsp3) is 0.583. The second kappa shape index (κ2) is 6.30. The molecule has 0 aromatic carbocycles. The zero-order valence-corrected chi connectivity index (χ0v) is 10.7. The van der Waals surface area contributed by atoms with E-state index in [4.69, 9.17) is 5.11 Å². The summed E-state index contributed by atoms with van der Waals surface area (Å²) in [5.74, 6) is 0.623. The van der Waals surface area contributed by atoms with Crippen LogP contribution < -0.4 is 5.32 Å². The summed E-state index contributed by atoms with van der Waals surface area (Å²) >= 11 is 0. The zero-order chi connectivity index (χ0) is 13.6. The van der Waals surface area contributed by atoms with Gasteiger partial charge in [-0.1, -0.05) is 13.8 Å². The molecule has 100 valence electrons. The van der Waals surface area contributed by atoms with E-state index in [-0.39, 0.29) is 17.7 Å². The maximum Gasteiger partial charge on any atom is 0.287 e. The number of pyridine rings is 1. The summed E-state index contributed by atoms with van der Waals surface area (Å²) in [7, 11) is 0. The Kier molecular flexibility index (Phi) is 5.03. The highest BCUT2D eigenvalue weighted by Crippen LogP contribution is 2.22. The Hall–Kier alpha value is -1.69. The average molecular weight is 253 g/mol. The molecule has 1 heterocycles. The van der Waals surface area contributed by atoms with Gasteiger partial charge in [-0.25, -0.2) is 4.98 Å². The van der Waals surface area contributed by atoms with Crippen LogP contribution >= 0.6 is 0 Å². The Morgan fingerprint density at radius 2 is 2.22 bits per heavy atom. The Balaban J connectivity index is 2.50. The number of aromatic nitrogens is 1. The van der Waals surface area contributed by atoms with Gasteiger partial charge in [0.2, 0.25) is 0 Å². The minimum absolute atomic E-state index is 0.0138. The van der Waals surface area contributed by atoms with Crippen LogP contribution in [0.3, 0.4) is 0 Å². The number of aliphatic hydroxyl groups excluding tert-OH is 1. The SMILES string of the molecule is CC(C)(CCCO)CNc1ccc([N+](=O)[O-])cn1. The molecule has 0 aliphatic carbocycles. The third-order valence-corrected chi connectivity index (χ3v) is 2.72. The second-order valence-electron chi connectivity index (χ2n) is 5.00. The maximum absolute atomic E-state index is 10.5. The quantitative estimate of drug-likeness (QED) is 0.574. The van der Waals surface area contributed by atoms with Crippen LogP contribution in [0.4, 0.5) is 11.5 Å². The molecule has 18 heavy (non-hydrogen) atoms. The number of anilines is 1. The van der Waals surface area contributed by atoms with Gasteiger partial charge in [-0.2, -0.15) is 0 Å². The van der Waals surface area contributed by atoms with Crippen molar-refractivity contribution in [3.63, 3.8) is 0 Å². The lowest BCUT2D eigenvalue weighted by Crippen LogP contribution is -2.23. The molecule has 0 unspecified atom stereocenters. The van der Waals surface area contributed by atoms with Crippen molar-refractivity contribution in [1.82, 2.24) is 4.98 Å². The Labute approximate surface area is 106 Å². The summed E-state index contributed by atoms with van der Waals surface area (Å²) < 4.78 is 0. The summed E-state index contributed by atoms with van der Waals surface area (Å²) in [6.45, 7) is 5.10. The van der Waals surface area contributed by atoms with Gasteiger partial charge in [0.25, 0.3) is 5.69 Å².